The van der Waals surface area contributed by atoms with E-state index in [9.17, 15) is 13.6 Å². The largest absolute Gasteiger partial charge is 0.497 e. The van der Waals surface area contributed by atoms with Gasteiger partial charge in [-0.1, -0.05) is 32.9 Å². The van der Waals surface area contributed by atoms with Crippen LogP contribution in [0.4, 0.5) is 14.5 Å². The van der Waals surface area contributed by atoms with Crippen molar-refractivity contribution in [1.29, 1.82) is 0 Å². The Balaban J connectivity index is 2.34. The van der Waals surface area contributed by atoms with E-state index in [1.165, 1.54) is 6.07 Å². The van der Waals surface area contributed by atoms with Gasteiger partial charge in [-0.2, -0.15) is 8.78 Å². The number of rotatable bonds is 6. The zero-order chi connectivity index (χ0) is 19.3. The molecule has 0 aromatic heterocycles. The first kappa shape index (κ1) is 19.7. The van der Waals surface area contributed by atoms with Crippen molar-refractivity contribution in [1.82, 2.24) is 0 Å². The van der Waals surface area contributed by atoms with Gasteiger partial charge >= 0.3 is 6.61 Å². The van der Waals surface area contributed by atoms with Gasteiger partial charge in [0.2, 0.25) is 5.91 Å². The molecule has 2 aromatic carbocycles. The summed E-state index contributed by atoms with van der Waals surface area (Å²) in [6.45, 7) is 2.96. The molecule has 0 heterocycles. The average Bonchev–Trinajstić information content (AvgIpc) is 2.54. The van der Waals surface area contributed by atoms with Crippen LogP contribution in [0, 0.1) is 5.41 Å². The molecule has 0 radical (unpaired) electrons. The summed E-state index contributed by atoms with van der Waals surface area (Å²) in [5.41, 5.74) is 1.50. The maximum Gasteiger partial charge on any atom is 0.387 e. The lowest BCUT2D eigenvalue weighted by atomic mass is 9.92. The predicted molar refractivity (Wildman–Crippen MR) is 97.8 cm³/mol. The Morgan fingerprint density at radius 1 is 1.12 bits per heavy atom. The van der Waals surface area contributed by atoms with Crippen molar-refractivity contribution < 1.29 is 23.0 Å². The topological polar surface area (TPSA) is 47.6 Å². The van der Waals surface area contributed by atoms with Crippen molar-refractivity contribution >= 4 is 11.6 Å². The fraction of sp³-hybridized carbons (Fsp3) is 0.350. The first-order valence-electron chi connectivity index (χ1n) is 8.21. The quantitative estimate of drug-likeness (QED) is 0.754. The third kappa shape index (κ3) is 5.72. The fourth-order valence-electron chi connectivity index (χ4n) is 2.49. The van der Waals surface area contributed by atoms with Gasteiger partial charge in [0, 0.05) is 17.7 Å². The van der Waals surface area contributed by atoms with E-state index in [0.717, 1.165) is 0 Å². The summed E-state index contributed by atoms with van der Waals surface area (Å²) in [6, 6.07) is 11.5. The van der Waals surface area contributed by atoms with E-state index in [0.29, 0.717) is 29.0 Å². The van der Waals surface area contributed by atoms with Crippen LogP contribution in [0.5, 0.6) is 11.5 Å². The first-order valence-corrected chi connectivity index (χ1v) is 8.21. The monoisotopic (exact) mass is 363 g/mol. The standard InChI is InChI=1S/C20H23F2NO3/c1-20(2,3)12-18(24)23-14-7-10-17(26-19(21)22)16(11-14)13-5-8-15(25-4)9-6-13/h5-11,19H,12H2,1-4H3,(H,23,24). The van der Waals surface area contributed by atoms with Crippen LogP contribution in [0.25, 0.3) is 11.1 Å². The van der Waals surface area contributed by atoms with Crippen molar-refractivity contribution in [2.75, 3.05) is 12.4 Å². The SMILES string of the molecule is COc1ccc(-c2cc(NC(=O)CC(C)(C)C)ccc2OC(F)F)cc1. The van der Waals surface area contributed by atoms with Crippen LogP contribution >= 0.6 is 0 Å². The summed E-state index contributed by atoms with van der Waals surface area (Å²) in [6.07, 6.45) is 0.347. The molecule has 0 saturated carbocycles. The van der Waals surface area contributed by atoms with Gasteiger partial charge in [-0.25, -0.2) is 0 Å². The second-order valence-corrected chi connectivity index (χ2v) is 7.10. The Bertz CT molecular complexity index is 753. The van der Waals surface area contributed by atoms with Gasteiger partial charge in [0.25, 0.3) is 0 Å². The molecule has 0 fully saturated rings. The van der Waals surface area contributed by atoms with Crippen LogP contribution in [-0.2, 0) is 4.79 Å². The number of methoxy groups -OCH3 is 1. The molecule has 0 spiro atoms. The highest BCUT2D eigenvalue weighted by Crippen LogP contribution is 2.35. The first-order chi connectivity index (χ1) is 12.2. The zero-order valence-corrected chi connectivity index (χ0v) is 15.3. The molecule has 140 valence electrons. The third-order valence-electron chi connectivity index (χ3n) is 3.57. The molecule has 6 heteroatoms. The summed E-state index contributed by atoms with van der Waals surface area (Å²) in [5, 5.41) is 2.81. The van der Waals surface area contributed by atoms with Gasteiger partial charge in [-0.3, -0.25) is 4.79 Å². The average molecular weight is 363 g/mol. The lowest BCUT2D eigenvalue weighted by Crippen LogP contribution is -2.19. The normalized spacial score (nSPS) is 11.3. The molecule has 4 nitrogen and oxygen atoms in total. The van der Waals surface area contributed by atoms with Gasteiger partial charge < -0.3 is 14.8 Å². The second-order valence-electron chi connectivity index (χ2n) is 7.10. The predicted octanol–water partition coefficient (Wildman–Crippen LogP) is 5.34. The highest BCUT2D eigenvalue weighted by molar-refractivity contribution is 5.92. The van der Waals surface area contributed by atoms with Gasteiger partial charge in [0.15, 0.2) is 0 Å². The highest BCUT2D eigenvalue weighted by Gasteiger charge is 2.17. The summed E-state index contributed by atoms with van der Waals surface area (Å²) >= 11 is 0. The molecule has 0 bridgehead atoms. The van der Waals surface area contributed by atoms with Crippen LogP contribution in [0.3, 0.4) is 0 Å². The Morgan fingerprint density at radius 2 is 1.77 bits per heavy atom. The number of carbonyl (C=O) groups excluding carboxylic acids is 1. The van der Waals surface area contributed by atoms with Crippen LogP contribution in [0.2, 0.25) is 0 Å². The minimum Gasteiger partial charge on any atom is -0.497 e. The number of benzene rings is 2. The molecule has 1 amide bonds. The van der Waals surface area contributed by atoms with E-state index in [4.69, 9.17) is 4.74 Å². The Morgan fingerprint density at radius 3 is 2.31 bits per heavy atom. The summed E-state index contributed by atoms with van der Waals surface area (Å²) in [7, 11) is 1.55. The molecule has 2 aromatic rings. The second kappa shape index (κ2) is 8.17. The maximum absolute atomic E-state index is 12.7. The number of hydrogen-bond donors (Lipinski definition) is 1. The van der Waals surface area contributed by atoms with Gasteiger partial charge in [-0.15, -0.1) is 0 Å². The number of amides is 1. The van der Waals surface area contributed by atoms with E-state index in [1.54, 1.807) is 43.5 Å². The Labute approximate surface area is 152 Å². The Kier molecular flexibility index (Phi) is 6.18. The molecule has 0 aliphatic carbocycles. The van der Waals surface area contributed by atoms with E-state index in [1.807, 2.05) is 20.8 Å². The van der Waals surface area contributed by atoms with Crippen molar-refractivity contribution in [2.24, 2.45) is 5.41 Å². The maximum atomic E-state index is 12.7. The van der Waals surface area contributed by atoms with E-state index in [-0.39, 0.29) is 17.1 Å². The van der Waals surface area contributed by atoms with Crippen LogP contribution in [0.1, 0.15) is 27.2 Å². The number of hydrogen-bond acceptors (Lipinski definition) is 3. The summed E-state index contributed by atoms with van der Waals surface area (Å²) in [4.78, 5) is 12.1. The minimum absolute atomic E-state index is 0.0407. The lowest BCUT2D eigenvalue weighted by molar-refractivity contribution is -0.117. The van der Waals surface area contributed by atoms with Crippen LogP contribution < -0.4 is 14.8 Å². The van der Waals surface area contributed by atoms with E-state index >= 15 is 0 Å². The van der Waals surface area contributed by atoms with Gasteiger partial charge in [0.1, 0.15) is 11.5 Å². The Hall–Kier alpha value is -2.63. The van der Waals surface area contributed by atoms with Crippen molar-refractivity contribution in [3.63, 3.8) is 0 Å². The lowest BCUT2D eigenvalue weighted by Gasteiger charge is -2.18. The fourth-order valence-corrected chi connectivity index (χ4v) is 2.49. The molecule has 0 aliphatic rings. The smallest absolute Gasteiger partial charge is 0.387 e. The van der Waals surface area contributed by atoms with Crippen LogP contribution in [0.15, 0.2) is 42.5 Å². The third-order valence-corrected chi connectivity index (χ3v) is 3.57. The molecule has 0 saturated heterocycles. The van der Waals surface area contributed by atoms with Crippen molar-refractivity contribution in [3.05, 3.63) is 42.5 Å². The number of halogens is 2. The summed E-state index contributed by atoms with van der Waals surface area (Å²) < 4.78 is 35.2. The number of ether oxygens (including phenoxy) is 2. The van der Waals surface area contributed by atoms with Crippen molar-refractivity contribution in [3.8, 4) is 22.6 Å². The summed E-state index contributed by atoms with van der Waals surface area (Å²) in [5.74, 6) is 0.555. The van der Waals surface area contributed by atoms with E-state index in [2.05, 4.69) is 10.1 Å². The zero-order valence-electron chi connectivity index (χ0n) is 15.3. The molecule has 26 heavy (non-hydrogen) atoms. The number of anilines is 1. The van der Waals surface area contributed by atoms with Gasteiger partial charge in [-0.05, 0) is 41.3 Å². The molecule has 1 N–H and O–H groups in total. The molecule has 2 rings (SSSR count). The minimum atomic E-state index is -2.94. The number of carbonyl (C=O) groups is 1. The number of alkyl halides is 2. The molecular weight excluding hydrogens is 340 g/mol. The number of nitrogens with one attached hydrogen (secondary N) is 1. The van der Waals surface area contributed by atoms with Gasteiger partial charge in [0.05, 0.1) is 7.11 Å². The highest BCUT2D eigenvalue weighted by atomic mass is 19.3. The van der Waals surface area contributed by atoms with E-state index < -0.39 is 6.61 Å². The molecular formula is C20H23F2NO3. The van der Waals surface area contributed by atoms with Crippen LogP contribution in [-0.4, -0.2) is 19.6 Å². The molecule has 0 aliphatic heterocycles. The molecule has 0 atom stereocenters. The van der Waals surface area contributed by atoms with Crippen molar-refractivity contribution in [2.45, 2.75) is 33.8 Å². The molecule has 0 unspecified atom stereocenters.